The molecule has 0 N–H and O–H groups in total. The summed E-state index contributed by atoms with van der Waals surface area (Å²) < 4.78 is 0. The molecule has 0 saturated carbocycles. The number of halogens is 4. The molecule has 0 spiro atoms. The summed E-state index contributed by atoms with van der Waals surface area (Å²) in [5, 5.41) is 0. The van der Waals surface area contributed by atoms with Crippen molar-refractivity contribution in [3.8, 4) is 0 Å². The van der Waals surface area contributed by atoms with Gasteiger partial charge in [0.25, 0.3) is 0 Å². The van der Waals surface area contributed by atoms with Gasteiger partial charge in [0.2, 0.25) is 0 Å². The summed E-state index contributed by atoms with van der Waals surface area (Å²) in [5.74, 6) is 1.32. The van der Waals surface area contributed by atoms with Crippen LogP contribution in [0.2, 0.25) is 0 Å². The molecule has 0 amide bonds. The van der Waals surface area contributed by atoms with Crippen LogP contribution < -0.4 is 0 Å². The molecule has 0 unspecified atom stereocenters. The minimum absolute atomic E-state index is 0. The number of hydrogen-bond acceptors (Lipinski definition) is 0. The minimum atomic E-state index is -0.346. The van der Waals surface area contributed by atoms with Crippen LogP contribution in [0.25, 0.3) is 0 Å². The zero-order valence-electron chi connectivity index (χ0n) is 14.1. The van der Waals surface area contributed by atoms with Gasteiger partial charge >= 0.3 is 69.1 Å². The summed E-state index contributed by atoms with van der Waals surface area (Å²) in [6.45, 7) is 8.81. The fourth-order valence-corrected chi connectivity index (χ4v) is 1.68. The standard InChI is InChI=1S/2C9H12.5CH4.4ClH.2Ru/c2*1-8(2)9-6-4-3-5-7-9;;;;;;;;;;;/h2*3-8H,1-2H3;5*1H4;4*1H;;/q;;;;;;;;;;;2*+2/p-4. The molecule has 0 atom stereocenters. The van der Waals surface area contributed by atoms with E-state index in [0.29, 0.717) is 11.8 Å². The molecule has 0 aliphatic carbocycles. The van der Waals surface area contributed by atoms with Gasteiger partial charge in [0.15, 0.2) is 0 Å². The van der Waals surface area contributed by atoms with Gasteiger partial charge in [-0.25, -0.2) is 0 Å². The molecule has 0 aliphatic heterocycles. The van der Waals surface area contributed by atoms with Gasteiger partial charge in [-0.3, -0.25) is 0 Å². The Morgan fingerprint density at radius 1 is 0.483 bits per heavy atom. The van der Waals surface area contributed by atoms with Crippen LogP contribution in [0.1, 0.15) is 87.8 Å². The molecule has 0 saturated heterocycles. The number of hydrogen-bond donors (Lipinski definition) is 0. The summed E-state index contributed by atoms with van der Waals surface area (Å²) in [7, 11) is 19.4. The van der Waals surface area contributed by atoms with Crippen molar-refractivity contribution in [1.82, 2.24) is 0 Å². The van der Waals surface area contributed by atoms with Crippen LogP contribution in [0.15, 0.2) is 60.7 Å². The normalized spacial score (nSPS) is 7.79. The fraction of sp³-hybridized carbons (Fsp3) is 0.478. The van der Waals surface area contributed by atoms with E-state index in [9.17, 15) is 0 Å². The molecule has 2 aromatic carbocycles. The van der Waals surface area contributed by atoms with E-state index in [1.807, 2.05) is 12.1 Å². The van der Waals surface area contributed by atoms with E-state index < -0.39 is 0 Å². The third-order valence-corrected chi connectivity index (χ3v) is 2.93. The van der Waals surface area contributed by atoms with Crippen molar-refractivity contribution < 1.29 is 30.3 Å². The van der Waals surface area contributed by atoms with Crippen LogP contribution in [0.4, 0.5) is 0 Å². The Kier molecular flexibility index (Phi) is 59.4. The van der Waals surface area contributed by atoms with Crippen LogP contribution >= 0.6 is 38.8 Å². The third-order valence-electron chi connectivity index (χ3n) is 2.93. The van der Waals surface area contributed by atoms with Crippen molar-refractivity contribution in [1.29, 1.82) is 0 Å². The van der Waals surface area contributed by atoms with E-state index in [1.54, 1.807) is 0 Å². The second-order valence-electron chi connectivity index (χ2n) is 5.23. The topological polar surface area (TPSA) is 0 Å². The molecule has 2 aromatic rings. The van der Waals surface area contributed by atoms with Gasteiger partial charge in [0.05, 0.1) is 0 Å². The molecule has 0 nitrogen and oxygen atoms in total. The Hall–Kier alpha value is 0.847. The van der Waals surface area contributed by atoms with Crippen molar-refractivity contribution in [3.05, 3.63) is 71.8 Å². The van der Waals surface area contributed by atoms with Crippen LogP contribution in [0, 0.1) is 0 Å². The predicted octanol–water partition coefficient (Wildman–Crippen LogP) is 11.6. The van der Waals surface area contributed by atoms with Crippen LogP contribution in [0.3, 0.4) is 0 Å². The van der Waals surface area contributed by atoms with E-state index in [2.05, 4.69) is 76.2 Å². The van der Waals surface area contributed by atoms with E-state index in [-0.39, 0.29) is 67.4 Å². The molecule has 29 heavy (non-hydrogen) atoms. The zero-order chi connectivity index (χ0) is 18.8. The average Bonchev–Trinajstić information content (AvgIpc) is 2.58. The first-order valence-corrected chi connectivity index (χ1v) is 16.2. The van der Waals surface area contributed by atoms with Gasteiger partial charge < -0.3 is 0 Å². The maximum absolute atomic E-state index is 4.85. The third kappa shape index (κ3) is 33.7. The molecule has 0 heterocycles. The van der Waals surface area contributed by atoms with E-state index >= 15 is 0 Å². The molecule has 0 aliphatic rings. The molecule has 2 rings (SSSR count). The molecule has 0 fully saturated rings. The molecule has 180 valence electrons. The summed E-state index contributed by atoms with van der Waals surface area (Å²) in [6.07, 6.45) is 0. The molecule has 6 heteroatoms. The molecule has 0 aromatic heterocycles. The van der Waals surface area contributed by atoms with Gasteiger partial charge in [-0.1, -0.05) is 125 Å². The fourth-order valence-electron chi connectivity index (χ4n) is 1.68. The average molecular weight is 665 g/mol. The van der Waals surface area contributed by atoms with E-state index in [4.69, 9.17) is 38.8 Å². The zero-order valence-corrected chi connectivity index (χ0v) is 20.6. The van der Waals surface area contributed by atoms with E-state index in [1.165, 1.54) is 11.1 Å². The Balaban J connectivity index is -0.0000000464. The van der Waals surface area contributed by atoms with Crippen molar-refractivity contribution in [2.45, 2.75) is 76.7 Å². The molecule has 0 radical (unpaired) electrons. The SMILES string of the molecule is C.C.C.C.C.CC(C)c1ccccc1.CC(C)c1ccccc1.[Cl][Ru][Cl].[Cl][Ru][Cl]. The van der Waals surface area contributed by atoms with Crippen molar-refractivity contribution in [2.24, 2.45) is 0 Å². The van der Waals surface area contributed by atoms with E-state index in [0.717, 1.165) is 0 Å². The van der Waals surface area contributed by atoms with Crippen molar-refractivity contribution in [3.63, 3.8) is 0 Å². The Labute approximate surface area is 215 Å². The summed E-state index contributed by atoms with van der Waals surface area (Å²) in [5.41, 5.74) is 2.83. The van der Waals surface area contributed by atoms with Gasteiger partial charge in [-0.2, -0.15) is 0 Å². The summed E-state index contributed by atoms with van der Waals surface area (Å²) in [6, 6.07) is 21.0. The van der Waals surface area contributed by atoms with Gasteiger partial charge in [0.1, 0.15) is 0 Å². The van der Waals surface area contributed by atoms with Crippen LogP contribution in [-0.2, 0) is 30.3 Å². The Morgan fingerprint density at radius 3 is 0.759 bits per heavy atom. The summed E-state index contributed by atoms with van der Waals surface area (Å²) >= 11 is -0.691. The van der Waals surface area contributed by atoms with Gasteiger partial charge in [-0.15, -0.1) is 0 Å². The predicted molar refractivity (Wildman–Crippen MR) is 138 cm³/mol. The second kappa shape index (κ2) is 36.2. The second-order valence-corrected chi connectivity index (χ2v) is 10.5. The molecular formula is C23H44Cl4Ru2. The maximum atomic E-state index is 4.85. The summed E-state index contributed by atoms with van der Waals surface area (Å²) in [4.78, 5) is 0. The quantitative estimate of drug-likeness (QED) is 0.280. The first-order valence-electron chi connectivity index (χ1n) is 7.24. The Morgan fingerprint density at radius 2 is 0.655 bits per heavy atom. The van der Waals surface area contributed by atoms with Crippen LogP contribution in [0.5, 0.6) is 0 Å². The first kappa shape index (κ1) is 47.6. The first-order chi connectivity index (χ1) is 11.4. The van der Waals surface area contributed by atoms with Gasteiger partial charge in [-0.05, 0) is 23.0 Å². The number of benzene rings is 2. The molecular weight excluding hydrogens is 620 g/mol. The Bertz CT molecular complexity index is 421. The van der Waals surface area contributed by atoms with Crippen molar-refractivity contribution >= 4 is 38.8 Å². The van der Waals surface area contributed by atoms with Gasteiger partial charge in [0, 0.05) is 0 Å². The number of rotatable bonds is 2. The van der Waals surface area contributed by atoms with Crippen molar-refractivity contribution in [2.75, 3.05) is 0 Å². The molecule has 0 bridgehead atoms. The monoisotopic (exact) mass is 664 g/mol. The van der Waals surface area contributed by atoms with Crippen LogP contribution in [-0.4, -0.2) is 0 Å².